The summed E-state index contributed by atoms with van der Waals surface area (Å²) in [5.41, 5.74) is 0.860. The highest BCUT2D eigenvalue weighted by Crippen LogP contribution is 2.25. The number of hydrogen-bond donors (Lipinski definition) is 0. The summed E-state index contributed by atoms with van der Waals surface area (Å²) < 4.78 is 1.97. The number of likely N-dealkylation sites (tertiary alicyclic amines) is 2. The number of carbonyl (C=O) groups excluding carboxylic acids is 2. The Morgan fingerprint density at radius 1 is 1.15 bits per heavy atom. The topological polar surface area (TPSA) is 71.3 Å². The predicted octanol–water partition coefficient (Wildman–Crippen LogP) is 1.57. The van der Waals surface area contributed by atoms with E-state index < -0.39 is 0 Å². The first-order chi connectivity index (χ1) is 13.2. The number of aromatic nitrogens is 3. The maximum atomic E-state index is 12.9. The van der Waals surface area contributed by atoms with Crippen LogP contribution < -0.4 is 0 Å². The third kappa shape index (κ3) is 4.18. The number of carbonyl (C=O) groups is 2. The van der Waals surface area contributed by atoms with E-state index >= 15 is 0 Å². The number of hydrogen-bond acceptors (Lipinski definition) is 4. The molecule has 2 aliphatic rings. The molecule has 4 rings (SSSR count). The van der Waals surface area contributed by atoms with Crippen LogP contribution in [-0.2, 0) is 22.7 Å². The van der Waals surface area contributed by atoms with E-state index in [0.717, 1.165) is 38.2 Å². The summed E-state index contributed by atoms with van der Waals surface area (Å²) in [7, 11) is 0. The zero-order chi connectivity index (χ0) is 18.6. The molecule has 0 saturated carbocycles. The van der Waals surface area contributed by atoms with Gasteiger partial charge in [-0.05, 0) is 37.0 Å². The average Bonchev–Trinajstić information content (AvgIpc) is 3.33. The maximum absolute atomic E-state index is 12.9. The van der Waals surface area contributed by atoms with Crippen molar-refractivity contribution in [3.05, 3.63) is 48.5 Å². The molecule has 2 saturated heterocycles. The van der Waals surface area contributed by atoms with Crippen LogP contribution in [0.1, 0.15) is 25.0 Å². The van der Waals surface area contributed by atoms with Gasteiger partial charge in [0, 0.05) is 51.2 Å². The molecule has 0 bridgehead atoms. The highest BCUT2D eigenvalue weighted by molar-refractivity contribution is 5.89. The lowest BCUT2D eigenvalue weighted by atomic mass is 9.95. The van der Waals surface area contributed by atoms with Crippen LogP contribution in [0.4, 0.5) is 0 Å². The highest BCUT2D eigenvalue weighted by atomic mass is 16.2. The Labute approximate surface area is 159 Å². The molecular weight excluding hydrogens is 342 g/mol. The van der Waals surface area contributed by atoms with Crippen LogP contribution in [-0.4, -0.2) is 56.0 Å². The van der Waals surface area contributed by atoms with Gasteiger partial charge in [0.15, 0.2) is 0 Å². The van der Waals surface area contributed by atoms with Gasteiger partial charge in [-0.15, -0.1) is 0 Å². The summed E-state index contributed by atoms with van der Waals surface area (Å²) in [5, 5.41) is 4.27. The van der Waals surface area contributed by atoms with Crippen LogP contribution in [0.15, 0.2) is 42.9 Å². The minimum atomic E-state index is -0.219. The summed E-state index contributed by atoms with van der Waals surface area (Å²) >= 11 is 0. The fourth-order valence-corrected chi connectivity index (χ4v) is 4.04. The Morgan fingerprint density at radius 3 is 2.70 bits per heavy atom. The first-order valence-electron chi connectivity index (χ1n) is 9.63. The third-order valence-corrected chi connectivity index (χ3v) is 5.57. The molecule has 2 aromatic rings. The molecule has 0 aromatic carbocycles. The second-order valence-electron chi connectivity index (χ2n) is 7.49. The van der Waals surface area contributed by atoms with E-state index in [-0.39, 0.29) is 17.7 Å². The van der Waals surface area contributed by atoms with E-state index in [0.29, 0.717) is 25.4 Å². The molecule has 2 aromatic heterocycles. The van der Waals surface area contributed by atoms with Crippen molar-refractivity contribution in [3.8, 4) is 0 Å². The molecular formula is C20H25N5O2. The van der Waals surface area contributed by atoms with Crippen molar-refractivity contribution in [1.29, 1.82) is 0 Å². The van der Waals surface area contributed by atoms with Crippen molar-refractivity contribution in [1.82, 2.24) is 24.6 Å². The first-order valence-corrected chi connectivity index (χ1v) is 9.63. The van der Waals surface area contributed by atoms with Gasteiger partial charge in [0.1, 0.15) is 0 Å². The van der Waals surface area contributed by atoms with Crippen LogP contribution >= 0.6 is 0 Å². The minimum absolute atomic E-state index is 0.0487. The molecule has 4 heterocycles. The lowest BCUT2D eigenvalue weighted by Crippen LogP contribution is -2.43. The van der Waals surface area contributed by atoms with E-state index in [9.17, 15) is 9.59 Å². The quantitative estimate of drug-likeness (QED) is 0.804. The van der Waals surface area contributed by atoms with Gasteiger partial charge < -0.3 is 9.80 Å². The van der Waals surface area contributed by atoms with Crippen LogP contribution in [0.2, 0.25) is 0 Å². The number of rotatable bonds is 5. The van der Waals surface area contributed by atoms with Gasteiger partial charge in [0.05, 0.1) is 18.2 Å². The second-order valence-corrected chi connectivity index (χ2v) is 7.49. The Balaban J connectivity index is 1.28. The lowest BCUT2D eigenvalue weighted by Gasteiger charge is -2.33. The van der Waals surface area contributed by atoms with E-state index in [1.165, 1.54) is 0 Å². The van der Waals surface area contributed by atoms with Gasteiger partial charge in [0.25, 0.3) is 0 Å². The van der Waals surface area contributed by atoms with Crippen molar-refractivity contribution in [2.75, 3.05) is 19.6 Å². The van der Waals surface area contributed by atoms with Crippen molar-refractivity contribution in [2.24, 2.45) is 11.8 Å². The molecule has 27 heavy (non-hydrogen) atoms. The molecule has 2 amide bonds. The molecule has 2 fully saturated rings. The average molecular weight is 367 g/mol. The standard InChI is InChI=1S/C20H25N5O2/c26-19-12-17(14-24(19)15-18-4-1-2-7-21-18)20(27)23-10-5-16(6-11-23)13-25-9-3-8-22-25/h1-4,7-9,16-17H,5-6,10-15H2/t17-/m1/s1. The number of pyridine rings is 1. The molecule has 0 N–H and O–H groups in total. The number of piperidine rings is 1. The monoisotopic (exact) mass is 367 g/mol. The van der Waals surface area contributed by atoms with E-state index in [1.807, 2.05) is 40.0 Å². The van der Waals surface area contributed by atoms with Crippen molar-refractivity contribution in [3.63, 3.8) is 0 Å². The SMILES string of the molecule is O=C1C[C@@H](C(=O)N2CCC(Cn3cccn3)CC2)CN1Cc1ccccn1. The largest absolute Gasteiger partial charge is 0.342 e. The molecule has 7 nitrogen and oxygen atoms in total. The van der Waals surface area contributed by atoms with Gasteiger partial charge in [0.2, 0.25) is 11.8 Å². The summed E-state index contributed by atoms with van der Waals surface area (Å²) in [5.74, 6) is 0.515. The summed E-state index contributed by atoms with van der Waals surface area (Å²) in [6.45, 7) is 3.44. The zero-order valence-electron chi connectivity index (χ0n) is 15.4. The lowest BCUT2D eigenvalue weighted by molar-refractivity contribution is -0.137. The molecule has 1 atom stereocenters. The van der Waals surface area contributed by atoms with Crippen LogP contribution in [0.5, 0.6) is 0 Å². The fraction of sp³-hybridized carbons (Fsp3) is 0.500. The van der Waals surface area contributed by atoms with Gasteiger partial charge in [-0.3, -0.25) is 19.3 Å². The molecule has 0 spiro atoms. The van der Waals surface area contributed by atoms with E-state index in [2.05, 4.69) is 10.1 Å². The van der Waals surface area contributed by atoms with Crippen LogP contribution in [0, 0.1) is 11.8 Å². The van der Waals surface area contributed by atoms with Crippen molar-refractivity contribution >= 4 is 11.8 Å². The smallest absolute Gasteiger partial charge is 0.227 e. The van der Waals surface area contributed by atoms with Crippen molar-refractivity contribution in [2.45, 2.75) is 32.4 Å². The molecule has 0 unspecified atom stereocenters. The summed E-state index contributed by atoms with van der Waals surface area (Å²) in [6, 6.07) is 7.62. The third-order valence-electron chi connectivity index (χ3n) is 5.57. The first kappa shape index (κ1) is 17.7. The fourth-order valence-electron chi connectivity index (χ4n) is 4.04. The van der Waals surface area contributed by atoms with Gasteiger partial charge in [-0.25, -0.2) is 0 Å². The Morgan fingerprint density at radius 2 is 2.00 bits per heavy atom. The highest BCUT2D eigenvalue weighted by Gasteiger charge is 2.37. The second kappa shape index (κ2) is 7.90. The van der Waals surface area contributed by atoms with Gasteiger partial charge in [-0.1, -0.05) is 6.07 Å². The maximum Gasteiger partial charge on any atom is 0.227 e. The van der Waals surface area contributed by atoms with E-state index in [4.69, 9.17) is 0 Å². The molecule has 7 heteroatoms. The molecule has 142 valence electrons. The van der Waals surface area contributed by atoms with Crippen LogP contribution in [0.3, 0.4) is 0 Å². The van der Waals surface area contributed by atoms with Crippen molar-refractivity contribution < 1.29 is 9.59 Å². The summed E-state index contributed by atoms with van der Waals surface area (Å²) in [6.07, 6.45) is 7.81. The minimum Gasteiger partial charge on any atom is -0.342 e. The zero-order valence-corrected chi connectivity index (χ0v) is 15.4. The Kier molecular flexibility index (Phi) is 5.18. The Hall–Kier alpha value is -2.70. The Bertz CT molecular complexity index is 769. The molecule has 2 aliphatic heterocycles. The normalized spacial score (nSPS) is 21.0. The summed E-state index contributed by atoms with van der Waals surface area (Å²) in [4.78, 5) is 33.2. The molecule has 0 aliphatic carbocycles. The van der Waals surface area contributed by atoms with E-state index in [1.54, 1.807) is 17.3 Å². The van der Waals surface area contributed by atoms with Crippen LogP contribution in [0.25, 0.3) is 0 Å². The van der Waals surface area contributed by atoms with Gasteiger partial charge >= 0.3 is 0 Å². The number of nitrogens with zero attached hydrogens (tertiary/aromatic N) is 5. The number of amides is 2. The van der Waals surface area contributed by atoms with Gasteiger partial charge in [-0.2, -0.15) is 5.10 Å². The predicted molar refractivity (Wildman–Crippen MR) is 99.3 cm³/mol. The molecule has 0 radical (unpaired) electrons.